The van der Waals surface area contributed by atoms with E-state index in [9.17, 15) is 13.2 Å². The van der Waals surface area contributed by atoms with Gasteiger partial charge in [0.2, 0.25) is 15.9 Å². The van der Waals surface area contributed by atoms with E-state index in [2.05, 4.69) is 5.32 Å². The zero-order chi connectivity index (χ0) is 17.6. The summed E-state index contributed by atoms with van der Waals surface area (Å²) in [5, 5.41) is 3.15. The number of sulfonamides is 1. The molecule has 1 N–H and O–H groups in total. The minimum absolute atomic E-state index is 0.0968. The molecular formula is C14H21ClN2O5S. The van der Waals surface area contributed by atoms with Crippen LogP contribution >= 0.6 is 11.6 Å². The zero-order valence-corrected chi connectivity index (χ0v) is 15.1. The summed E-state index contributed by atoms with van der Waals surface area (Å²) in [5.41, 5.74) is 1.20. The fourth-order valence-electron chi connectivity index (χ4n) is 1.83. The van der Waals surface area contributed by atoms with Crippen LogP contribution in [0, 0.1) is 6.92 Å². The van der Waals surface area contributed by atoms with Gasteiger partial charge in [0.25, 0.3) is 0 Å². The molecule has 9 heteroatoms. The summed E-state index contributed by atoms with van der Waals surface area (Å²) in [6, 6.07) is 3.25. The second-order valence-electron chi connectivity index (χ2n) is 4.94. The normalized spacial score (nSPS) is 11.6. The van der Waals surface area contributed by atoms with E-state index in [0.29, 0.717) is 16.5 Å². The summed E-state index contributed by atoms with van der Waals surface area (Å²) in [6.45, 7) is 1.77. The minimum Gasteiger partial charge on any atom is -0.495 e. The quantitative estimate of drug-likeness (QED) is 0.755. The third-order valence-electron chi connectivity index (χ3n) is 3.09. The highest BCUT2D eigenvalue weighted by Gasteiger charge is 2.20. The average Bonchev–Trinajstić information content (AvgIpc) is 2.45. The van der Waals surface area contributed by atoms with Crippen LogP contribution in [0.25, 0.3) is 0 Å². The second kappa shape index (κ2) is 8.49. The Morgan fingerprint density at radius 2 is 2.00 bits per heavy atom. The number of amides is 1. The molecule has 0 saturated heterocycles. The van der Waals surface area contributed by atoms with E-state index in [1.807, 2.05) is 0 Å². The van der Waals surface area contributed by atoms with Gasteiger partial charge < -0.3 is 14.8 Å². The van der Waals surface area contributed by atoms with E-state index in [0.717, 1.165) is 16.1 Å². The zero-order valence-electron chi connectivity index (χ0n) is 13.6. The Balaban J connectivity index is 2.88. The fourth-order valence-corrected chi connectivity index (χ4v) is 2.75. The van der Waals surface area contributed by atoms with Crippen molar-refractivity contribution in [2.45, 2.75) is 6.92 Å². The number of hydrogen-bond acceptors (Lipinski definition) is 5. The summed E-state index contributed by atoms with van der Waals surface area (Å²) >= 11 is 6.01. The number of carbonyl (C=O) groups excluding carboxylic acids is 1. The lowest BCUT2D eigenvalue weighted by Crippen LogP contribution is -2.39. The average molecular weight is 365 g/mol. The number of nitrogens with one attached hydrogen (secondary N) is 1. The number of nitrogens with zero attached hydrogens (tertiary/aromatic N) is 1. The molecule has 1 rings (SSSR count). The van der Waals surface area contributed by atoms with Crippen LogP contribution in [0.4, 0.5) is 5.69 Å². The molecular weight excluding hydrogens is 344 g/mol. The Labute approximate surface area is 141 Å². The molecule has 0 aromatic heterocycles. The number of benzene rings is 1. The summed E-state index contributed by atoms with van der Waals surface area (Å²) in [6.07, 6.45) is 1.04. The van der Waals surface area contributed by atoms with Gasteiger partial charge in [0.1, 0.15) is 5.75 Å². The number of halogens is 1. The third-order valence-corrected chi connectivity index (χ3v) is 4.75. The topological polar surface area (TPSA) is 84.9 Å². The first kappa shape index (κ1) is 19.7. The molecule has 0 fully saturated rings. The van der Waals surface area contributed by atoms with Crippen molar-refractivity contribution in [2.24, 2.45) is 0 Å². The first-order chi connectivity index (χ1) is 10.7. The van der Waals surface area contributed by atoms with Crippen LogP contribution in [0.5, 0.6) is 5.75 Å². The molecule has 0 bridgehead atoms. The van der Waals surface area contributed by atoms with Gasteiger partial charge in [-0.05, 0) is 18.6 Å². The predicted octanol–water partition coefficient (Wildman–Crippen LogP) is 1.50. The van der Waals surface area contributed by atoms with Crippen molar-refractivity contribution in [1.82, 2.24) is 4.31 Å². The molecule has 1 aromatic rings. The van der Waals surface area contributed by atoms with Gasteiger partial charge in [0, 0.05) is 24.7 Å². The van der Waals surface area contributed by atoms with E-state index in [1.54, 1.807) is 19.1 Å². The number of carbonyl (C=O) groups is 1. The lowest BCUT2D eigenvalue weighted by atomic mass is 10.2. The van der Waals surface area contributed by atoms with Gasteiger partial charge in [-0.1, -0.05) is 11.6 Å². The van der Waals surface area contributed by atoms with Crippen LogP contribution in [-0.2, 0) is 19.6 Å². The Morgan fingerprint density at radius 3 is 2.52 bits per heavy atom. The van der Waals surface area contributed by atoms with E-state index >= 15 is 0 Å². The van der Waals surface area contributed by atoms with Gasteiger partial charge in [0.05, 0.1) is 32.2 Å². The van der Waals surface area contributed by atoms with Crippen LogP contribution in [-0.4, -0.2) is 58.8 Å². The molecule has 0 atom stereocenters. The van der Waals surface area contributed by atoms with Crippen molar-refractivity contribution in [3.05, 3.63) is 22.7 Å². The van der Waals surface area contributed by atoms with Crippen molar-refractivity contribution in [1.29, 1.82) is 0 Å². The van der Waals surface area contributed by atoms with Crippen LogP contribution < -0.4 is 10.1 Å². The molecule has 130 valence electrons. The molecule has 0 saturated carbocycles. The monoisotopic (exact) mass is 364 g/mol. The molecule has 0 radical (unpaired) electrons. The van der Waals surface area contributed by atoms with Gasteiger partial charge in [-0.3, -0.25) is 4.79 Å². The summed E-state index contributed by atoms with van der Waals surface area (Å²) in [7, 11) is -0.598. The van der Waals surface area contributed by atoms with Gasteiger partial charge in [-0.2, -0.15) is 4.31 Å². The highest BCUT2D eigenvalue weighted by atomic mass is 35.5. The molecule has 0 spiro atoms. The van der Waals surface area contributed by atoms with Crippen molar-refractivity contribution in [2.75, 3.05) is 45.5 Å². The summed E-state index contributed by atoms with van der Waals surface area (Å²) in [4.78, 5) is 12.2. The highest BCUT2D eigenvalue weighted by Crippen LogP contribution is 2.30. The molecule has 1 amide bonds. The maximum absolute atomic E-state index is 12.2. The van der Waals surface area contributed by atoms with Gasteiger partial charge in [0.15, 0.2) is 0 Å². The molecule has 1 aromatic carbocycles. The Morgan fingerprint density at radius 1 is 1.35 bits per heavy atom. The first-order valence-electron chi connectivity index (χ1n) is 6.77. The van der Waals surface area contributed by atoms with Gasteiger partial charge >= 0.3 is 0 Å². The molecule has 0 heterocycles. The van der Waals surface area contributed by atoms with E-state index in [-0.39, 0.29) is 19.7 Å². The van der Waals surface area contributed by atoms with Crippen molar-refractivity contribution in [3.63, 3.8) is 0 Å². The fraction of sp³-hybridized carbons (Fsp3) is 0.500. The molecule has 23 heavy (non-hydrogen) atoms. The lowest BCUT2D eigenvalue weighted by Gasteiger charge is -2.19. The van der Waals surface area contributed by atoms with Crippen molar-refractivity contribution < 1.29 is 22.7 Å². The predicted molar refractivity (Wildman–Crippen MR) is 89.7 cm³/mol. The van der Waals surface area contributed by atoms with E-state index in [4.69, 9.17) is 21.1 Å². The summed E-state index contributed by atoms with van der Waals surface area (Å²) < 4.78 is 34.5. The number of rotatable bonds is 8. The molecule has 7 nitrogen and oxygen atoms in total. The second-order valence-corrected chi connectivity index (χ2v) is 7.33. The smallest absolute Gasteiger partial charge is 0.239 e. The van der Waals surface area contributed by atoms with Crippen LogP contribution in [0.2, 0.25) is 5.02 Å². The van der Waals surface area contributed by atoms with Crippen LogP contribution in [0.15, 0.2) is 12.1 Å². The molecule has 0 aliphatic rings. The number of methoxy groups -OCH3 is 2. The Kier molecular flexibility index (Phi) is 7.27. The maximum Gasteiger partial charge on any atom is 0.239 e. The molecule has 0 aliphatic carbocycles. The number of ether oxygens (including phenoxy) is 2. The largest absolute Gasteiger partial charge is 0.495 e. The molecule has 0 aliphatic heterocycles. The van der Waals surface area contributed by atoms with Crippen molar-refractivity contribution >= 4 is 33.2 Å². The van der Waals surface area contributed by atoms with E-state index < -0.39 is 15.9 Å². The summed E-state index contributed by atoms with van der Waals surface area (Å²) in [5.74, 6) is -0.0803. The van der Waals surface area contributed by atoms with Gasteiger partial charge in [-0.15, -0.1) is 0 Å². The number of hydrogen-bond donors (Lipinski definition) is 1. The first-order valence-corrected chi connectivity index (χ1v) is 8.99. The minimum atomic E-state index is -3.51. The number of aryl methyl sites for hydroxylation is 1. The Hall–Kier alpha value is -1.35. The molecule has 0 unspecified atom stereocenters. The number of anilines is 1. The van der Waals surface area contributed by atoms with E-state index in [1.165, 1.54) is 14.2 Å². The van der Waals surface area contributed by atoms with Crippen LogP contribution in [0.3, 0.4) is 0 Å². The lowest BCUT2D eigenvalue weighted by molar-refractivity contribution is -0.116. The van der Waals surface area contributed by atoms with Gasteiger partial charge in [-0.25, -0.2) is 8.42 Å². The SMILES string of the molecule is COCCN(CC(=O)Nc1cc(C)c(Cl)cc1OC)S(C)(=O)=O. The maximum atomic E-state index is 12.2. The van der Waals surface area contributed by atoms with Crippen LogP contribution in [0.1, 0.15) is 5.56 Å². The Bertz CT molecular complexity index is 663. The standard InChI is InChI=1S/C14H21ClN2O5S/c1-10-7-12(13(22-3)8-11(10)15)16-14(18)9-17(5-6-21-2)23(4,19)20/h7-8H,5-6,9H2,1-4H3,(H,16,18). The van der Waals surface area contributed by atoms with Crippen molar-refractivity contribution in [3.8, 4) is 5.75 Å². The third kappa shape index (κ3) is 5.98. The highest BCUT2D eigenvalue weighted by molar-refractivity contribution is 7.88.